The zero-order chi connectivity index (χ0) is 23.6. The number of carboxylic acids is 1. The average molecular weight is 469 g/mol. The van der Waals surface area contributed by atoms with Gasteiger partial charge in [-0.1, -0.05) is 0 Å². The molecule has 3 aliphatic carbocycles. The number of aliphatic carboxylic acids is 1. The third-order valence-electron chi connectivity index (χ3n) is 7.68. The maximum Gasteiger partial charge on any atom is 0.307 e. The number of fused-ring (bicyclic) bond motifs is 5. The number of nitrogens with zero attached hydrogens (tertiary/aromatic N) is 4. The number of hydrogen-bond donors (Lipinski definition) is 2. The Kier molecular flexibility index (Phi) is 4.86. The third kappa shape index (κ3) is 3.26. The molecule has 0 aliphatic heterocycles. The summed E-state index contributed by atoms with van der Waals surface area (Å²) in [5.41, 5.74) is 1.56. The van der Waals surface area contributed by atoms with Crippen molar-refractivity contribution in [1.82, 2.24) is 24.6 Å². The Morgan fingerprint density at radius 3 is 2.71 bits per heavy atom. The Hall–Kier alpha value is -3.43. The van der Waals surface area contributed by atoms with Gasteiger partial charge in [-0.25, -0.2) is 27.7 Å². The predicted octanol–water partition coefficient (Wildman–Crippen LogP) is 5.03. The molecule has 4 aromatic heterocycles. The van der Waals surface area contributed by atoms with E-state index in [2.05, 4.69) is 15.1 Å². The fraction of sp³-hybridized carbons (Fsp3) is 0.417. The minimum atomic E-state index is -2.75. The first-order valence-electron chi connectivity index (χ1n) is 11.4. The number of nitrogens with one attached hydrogen (secondary N) is 1. The maximum absolute atomic E-state index is 13.9. The zero-order valence-electron chi connectivity index (χ0n) is 18.1. The van der Waals surface area contributed by atoms with Crippen molar-refractivity contribution in [1.29, 1.82) is 0 Å². The van der Waals surface area contributed by atoms with E-state index >= 15 is 0 Å². The molecule has 0 radical (unpaired) electrons. The molecule has 0 unspecified atom stereocenters. The zero-order valence-corrected chi connectivity index (χ0v) is 18.1. The average Bonchev–Trinajstić information content (AvgIpc) is 3.43. The van der Waals surface area contributed by atoms with Crippen molar-refractivity contribution in [3.8, 4) is 11.4 Å². The molecule has 3 saturated carbocycles. The Labute approximate surface area is 192 Å². The molecule has 0 spiro atoms. The van der Waals surface area contributed by atoms with Crippen molar-refractivity contribution in [3.63, 3.8) is 0 Å². The molecule has 3 aliphatic rings. The summed E-state index contributed by atoms with van der Waals surface area (Å²) in [5, 5.41) is 14.8. The van der Waals surface area contributed by atoms with Gasteiger partial charge in [0.2, 0.25) is 0 Å². The molecule has 4 heterocycles. The second kappa shape index (κ2) is 7.82. The van der Waals surface area contributed by atoms with Gasteiger partial charge in [-0.15, -0.1) is 5.10 Å². The second-order valence-electron chi connectivity index (χ2n) is 9.40. The van der Waals surface area contributed by atoms with Crippen LogP contribution in [0.4, 0.5) is 13.2 Å². The molecule has 3 fully saturated rings. The molecule has 0 saturated heterocycles. The van der Waals surface area contributed by atoms with E-state index in [-0.39, 0.29) is 29.3 Å². The van der Waals surface area contributed by atoms with Crippen LogP contribution in [0.15, 0.2) is 30.6 Å². The standard InChI is InChI=1S/C24H22F3N5O2/c25-13-7-15-16(10-29-22(15)28-9-13)23-30-17(18-5-6-19(21(26)27)32(18)31-23)8-14-11-1-3-12(4-2-11)20(14)24(33)34/h5-7,9-12,14,20-21H,1-4,8H2,(H,28,29)(H,33,34)/t11-,12+,14-,20-/m0/s1. The summed E-state index contributed by atoms with van der Waals surface area (Å²) < 4.78 is 42.6. The number of alkyl halides is 2. The van der Waals surface area contributed by atoms with E-state index in [9.17, 15) is 23.1 Å². The molecule has 176 valence electrons. The van der Waals surface area contributed by atoms with Gasteiger partial charge in [0.05, 0.1) is 23.3 Å². The molecule has 2 bridgehead atoms. The lowest BCUT2D eigenvalue weighted by Crippen LogP contribution is -2.45. The first kappa shape index (κ1) is 21.1. The van der Waals surface area contributed by atoms with Crippen molar-refractivity contribution in [2.45, 2.75) is 38.5 Å². The summed E-state index contributed by atoms with van der Waals surface area (Å²) in [6.45, 7) is 0. The van der Waals surface area contributed by atoms with E-state index in [1.54, 1.807) is 12.3 Å². The lowest BCUT2D eigenvalue weighted by Gasteiger charge is -2.46. The highest BCUT2D eigenvalue weighted by Crippen LogP contribution is 2.50. The molecular formula is C24H22F3N5O2. The third-order valence-corrected chi connectivity index (χ3v) is 7.68. The van der Waals surface area contributed by atoms with Crippen LogP contribution in [0.2, 0.25) is 0 Å². The Bertz CT molecular complexity index is 1410. The first-order valence-corrected chi connectivity index (χ1v) is 11.4. The lowest BCUT2D eigenvalue weighted by atomic mass is 9.57. The SMILES string of the molecule is O=C(O)[C@H]1[C@H]2CC[C@H](CC2)[C@@H]1Cc1nc(-c2c[nH]c3ncc(F)cc23)nn2c(C(F)F)ccc12. The van der Waals surface area contributed by atoms with Crippen molar-refractivity contribution < 1.29 is 23.1 Å². The number of pyridine rings is 1. The van der Waals surface area contributed by atoms with Gasteiger partial charge < -0.3 is 10.1 Å². The molecule has 7 nitrogen and oxygen atoms in total. The quantitative estimate of drug-likeness (QED) is 0.428. The van der Waals surface area contributed by atoms with E-state index in [0.717, 1.165) is 31.9 Å². The Morgan fingerprint density at radius 1 is 1.21 bits per heavy atom. The molecule has 7 rings (SSSR count). The highest BCUT2D eigenvalue weighted by molar-refractivity contribution is 5.91. The van der Waals surface area contributed by atoms with Gasteiger partial charge in [-0.3, -0.25) is 4.79 Å². The molecule has 2 atom stereocenters. The molecule has 34 heavy (non-hydrogen) atoms. The molecule has 0 aromatic carbocycles. The van der Waals surface area contributed by atoms with Gasteiger partial charge in [0.1, 0.15) is 17.2 Å². The number of hydrogen-bond acceptors (Lipinski definition) is 4. The smallest absolute Gasteiger partial charge is 0.307 e. The van der Waals surface area contributed by atoms with Crippen LogP contribution in [-0.2, 0) is 11.2 Å². The maximum atomic E-state index is 13.9. The number of carboxylic acid groups (broad SMARTS) is 1. The summed E-state index contributed by atoms with van der Waals surface area (Å²) >= 11 is 0. The minimum absolute atomic E-state index is 0.122. The van der Waals surface area contributed by atoms with Gasteiger partial charge in [-0.2, -0.15) is 0 Å². The van der Waals surface area contributed by atoms with E-state index < -0.39 is 24.1 Å². The largest absolute Gasteiger partial charge is 0.481 e. The van der Waals surface area contributed by atoms with Crippen LogP contribution in [-0.4, -0.2) is 35.6 Å². The van der Waals surface area contributed by atoms with Crippen LogP contribution in [0.3, 0.4) is 0 Å². The van der Waals surface area contributed by atoms with Crippen molar-refractivity contribution in [2.24, 2.45) is 23.7 Å². The van der Waals surface area contributed by atoms with Crippen molar-refractivity contribution >= 4 is 22.5 Å². The second-order valence-corrected chi connectivity index (χ2v) is 9.40. The molecular weight excluding hydrogens is 447 g/mol. The normalized spacial score (nSPS) is 24.5. The summed E-state index contributed by atoms with van der Waals surface area (Å²) in [6, 6.07) is 4.18. The van der Waals surface area contributed by atoms with E-state index in [1.807, 2.05) is 0 Å². The molecule has 2 N–H and O–H groups in total. The number of halogens is 3. The Morgan fingerprint density at radius 2 is 1.97 bits per heavy atom. The highest BCUT2D eigenvalue weighted by Gasteiger charge is 2.47. The van der Waals surface area contributed by atoms with Gasteiger partial charge in [0.15, 0.2) is 5.82 Å². The fourth-order valence-electron chi connectivity index (χ4n) is 6.15. The van der Waals surface area contributed by atoms with E-state index in [1.165, 1.54) is 16.6 Å². The summed E-state index contributed by atoms with van der Waals surface area (Å²) in [4.78, 5) is 23.8. The number of aromatic nitrogens is 5. The van der Waals surface area contributed by atoms with Crippen molar-refractivity contribution in [2.75, 3.05) is 0 Å². The van der Waals surface area contributed by atoms with Crippen LogP contribution >= 0.6 is 0 Å². The van der Waals surface area contributed by atoms with Crippen LogP contribution < -0.4 is 0 Å². The van der Waals surface area contributed by atoms with Crippen LogP contribution in [0, 0.1) is 29.5 Å². The summed E-state index contributed by atoms with van der Waals surface area (Å²) in [6.07, 6.45) is 4.05. The number of carbonyl (C=O) groups is 1. The monoisotopic (exact) mass is 469 g/mol. The molecule has 0 amide bonds. The van der Waals surface area contributed by atoms with E-state index in [0.29, 0.717) is 34.2 Å². The fourth-order valence-corrected chi connectivity index (χ4v) is 6.15. The van der Waals surface area contributed by atoms with Gasteiger partial charge in [0.25, 0.3) is 6.43 Å². The number of rotatable bonds is 5. The van der Waals surface area contributed by atoms with Gasteiger partial charge in [0, 0.05) is 17.1 Å². The lowest BCUT2D eigenvalue weighted by molar-refractivity contribution is -0.152. The van der Waals surface area contributed by atoms with Crippen LogP contribution in [0.25, 0.3) is 27.9 Å². The molecule has 4 aromatic rings. The van der Waals surface area contributed by atoms with Gasteiger partial charge >= 0.3 is 5.97 Å². The topological polar surface area (TPSA) is 96.2 Å². The van der Waals surface area contributed by atoms with Crippen LogP contribution in [0.1, 0.15) is 43.5 Å². The predicted molar refractivity (Wildman–Crippen MR) is 117 cm³/mol. The minimum Gasteiger partial charge on any atom is -0.481 e. The summed E-state index contributed by atoms with van der Waals surface area (Å²) in [7, 11) is 0. The van der Waals surface area contributed by atoms with Crippen LogP contribution in [0.5, 0.6) is 0 Å². The number of H-pyrrole nitrogens is 1. The summed E-state index contributed by atoms with van der Waals surface area (Å²) in [5.74, 6) is -1.37. The first-order chi connectivity index (χ1) is 16.4. The van der Waals surface area contributed by atoms with Gasteiger partial charge in [-0.05, 0) is 68.1 Å². The Balaban J connectivity index is 1.51. The number of aromatic amines is 1. The molecule has 10 heteroatoms. The van der Waals surface area contributed by atoms with Crippen molar-refractivity contribution in [3.05, 3.63) is 47.8 Å². The van der Waals surface area contributed by atoms with E-state index in [4.69, 9.17) is 4.98 Å². The highest BCUT2D eigenvalue weighted by atomic mass is 19.3.